The van der Waals surface area contributed by atoms with Crippen molar-refractivity contribution >= 4 is 32.7 Å². The highest BCUT2D eigenvalue weighted by Gasteiger charge is 2.36. The molecule has 0 radical (unpaired) electrons. The van der Waals surface area contributed by atoms with Gasteiger partial charge in [-0.15, -0.1) is 0 Å². The largest absolute Gasteiger partial charge is 0.455 e. The van der Waals surface area contributed by atoms with Gasteiger partial charge < -0.3 is 4.42 Å². The van der Waals surface area contributed by atoms with Crippen LogP contribution in [0.1, 0.15) is 30.5 Å². The van der Waals surface area contributed by atoms with E-state index in [4.69, 9.17) is 9.40 Å². The molecule has 186 valence electrons. The van der Waals surface area contributed by atoms with Gasteiger partial charge >= 0.3 is 0 Å². The third-order valence-electron chi connectivity index (χ3n) is 8.55. The summed E-state index contributed by atoms with van der Waals surface area (Å²) in [6.07, 6.45) is 2.00. The summed E-state index contributed by atoms with van der Waals surface area (Å²) in [5.74, 6) is 0. The average Bonchev–Trinajstić information content (AvgIpc) is 3.34. The van der Waals surface area contributed by atoms with Crippen molar-refractivity contribution in [3.8, 4) is 33.5 Å². The standard InChI is InChI=1S/C37H27NO/c1-22-14-15-25-19-28-31(20-26(25)18-22)37(2,3)30-17-16-27(23-10-6-4-7-11-23)35-32(30)33-34(28)38-21-29(36(33)39-35)24-12-8-5-9-13-24/h4-21H,1-3H3. The number of benzene rings is 5. The Kier molecular flexibility index (Phi) is 4.52. The summed E-state index contributed by atoms with van der Waals surface area (Å²) in [4.78, 5) is 5.20. The maximum Gasteiger partial charge on any atom is 0.147 e. The fraction of sp³-hybridized carbons (Fsp3) is 0.108. The lowest BCUT2D eigenvalue weighted by molar-refractivity contribution is 0.644. The second kappa shape index (κ2) is 7.91. The van der Waals surface area contributed by atoms with E-state index in [0.29, 0.717) is 0 Å². The van der Waals surface area contributed by atoms with E-state index in [0.717, 1.165) is 44.5 Å². The number of aromatic nitrogens is 1. The highest BCUT2D eigenvalue weighted by atomic mass is 16.3. The number of furan rings is 1. The number of hydrogen-bond donors (Lipinski definition) is 0. The van der Waals surface area contributed by atoms with Crippen LogP contribution in [-0.2, 0) is 5.41 Å². The Labute approximate surface area is 227 Å². The second-order valence-electron chi connectivity index (χ2n) is 11.3. The molecule has 0 unspecified atom stereocenters. The molecule has 5 aromatic carbocycles. The fourth-order valence-electron chi connectivity index (χ4n) is 6.54. The van der Waals surface area contributed by atoms with E-state index in [1.807, 2.05) is 12.3 Å². The van der Waals surface area contributed by atoms with Crippen LogP contribution < -0.4 is 0 Å². The molecule has 0 saturated heterocycles. The van der Waals surface area contributed by atoms with Gasteiger partial charge in [0.15, 0.2) is 0 Å². The zero-order chi connectivity index (χ0) is 26.3. The average molecular weight is 502 g/mol. The summed E-state index contributed by atoms with van der Waals surface area (Å²) in [6, 6.07) is 37.0. The SMILES string of the molecule is Cc1ccc2cc3c(cc2c1)C(C)(C)c1ccc(-c2ccccc2)c2oc4c(-c5ccccc5)cnc-3c4c12. The van der Waals surface area contributed by atoms with Crippen LogP contribution in [0.3, 0.4) is 0 Å². The molecule has 0 atom stereocenters. The van der Waals surface area contributed by atoms with E-state index in [-0.39, 0.29) is 5.41 Å². The van der Waals surface area contributed by atoms with Gasteiger partial charge in [-0.05, 0) is 52.1 Å². The van der Waals surface area contributed by atoms with Crippen LogP contribution in [-0.4, -0.2) is 4.98 Å². The molecule has 7 aromatic rings. The zero-order valence-electron chi connectivity index (χ0n) is 22.2. The van der Waals surface area contributed by atoms with Crippen LogP contribution in [0.5, 0.6) is 0 Å². The van der Waals surface area contributed by atoms with Gasteiger partial charge in [0.1, 0.15) is 11.2 Å². The molecule has 0 N–H and O–H groups in total. The molecule has 1 aliphatic rings. The smallest absolute Gasteiger partial charge is 0.147 e. The molecule has 0 spiro atoms. The van der Waals surface area contributed by atoms with Crippen molar-refractivity contribution in [2.45, 2.75) is 26.2 Å². The topological polar surface area (TPSA) is 26.0 Å². The van der Waals surface area contributed by atoms with E-state index in [2.05, 4.69) is 118 Å². The number of fused-ring (bicyclic) bond motifs is 3. The minimum absolute atomic E-state index is 0.259. The summed E-state index contributed by atoms with van der Waals surface area (Å²) >= 11 is 0. The van der Waals surface area contributed by atoms with Gasteiger partial charge in [0, 0.05) is 33.7 Å². The zero-order valence-corrected chi connectivity index (χ0v) is 22.2. The summed E-state index contributed by atoms with van der Waals surface area (Å²) < 4.78 is 6.95. The molecule has 2 heteroatoms. The lowest BCUT2D eigenvalue weighted by Gasteiger charge is -2.28. The van der Waals surface area contributed by atoms with Gasteiger partial charge in [-0.2, -0.15) is 0 Å². The van der Waals surface area contributed by atoms with E-state index < -0.39 is 0 Å². The predicted molar refractivity (Wildman–Crippen MR) is 162 cm³/mol. The Hall–Kier alpha value is -4.69. The number of aryl methyl sites for hydroxylation is 1. The Balaban J connectivity index is 1.58. The monoisotopic (exact) mass is 501 g/mol. The number of nitrogens with zero attached hydrogens (tertiary/aromatic N) is 1. The Morgan fingerprint density at radius 3 is 2.03 bits per heavy atom. The fourth-order valence-corrected chi connectivity index (χ4v) is 6.54. The number of rotatable bonds is 2. The minimum Gasteiger partial charge on any atom is -0.455 e. The van der Waals surface area contributed by atoms with Crippen LogP contribution in [0.4, 0.5) is 0 Å². The summed E-state index contributed by atoms with van der Waals surface area (Å²) in [5, 5.41) is 4.78. The highest BCUT2D eigenvalue weighted by molar-refractivity contribution is 6.20. The van der Waals surface area contributed by atoms with Gasteiger partial charge in [0.05, 0.1) is 11.1 Å². The third kappa shape index (κ3) is 3.12. The summed E-state index contributed by atoms with van der Waals surface area (Å²) in [5.41, 5.74) is 12.0. The molecule has 39 heavy (non-hydrogen) atoms. The van der Waals surface area contributed by atoms with Crippen molar-refractivity contribution in [2.75, 3.05) is 0 Å². The maximum atomic E-state index is 6.95. The molecule has 2 aromatic heterocycles. The van der Waals surface area contributed by atoms with Crippen LogP contribution in [0.15, 0.2) is 114 Å². The lowest BCUT2D eigenvalue weighted by atomic mass is 9.75. The Morgan fingerprint density at radius 2 is 1.28 bits per heavy atom. The van der Waals surface area contributed by atoms with Crippen LogP contribution in [0.25, 0.3) is 66.2 Å². The summed E-state index contributed by atoms with van der Waals surface area (Å²) in [6.45, 7) is 6.84. The van der Waals surface area contributed by atoms with Crippen LogP contribution >= 0.6 is 0 Å². The molecule has 2 nitrogen and oxygen atoms in total. The van der Waals surface area contributed by atoms with E-state index in [1.54, 1.807) is 0 Å². The first-order valence-corrected chi connectivity index (χ1v) is 13.6. The van der Waals surface area contributed by atoms with Crippen LogP contribution in [0, 0.1) is 6.92 Å². The van der Waals surface area contributed by atoms with Crippen molar-refractivity contribution < 1.29 is 4.42 Å². The number of hydrogen-bond acceptors (Lipinski definition) is 2. The molecule has 0 amide bonds. The van der Waals surface area contributed by atoms with E-state index >= 15 is 0 Å². The normalized spacial score (nSPS) is 13.7. The molecule has 1 aliphatic carbocycles. The van der Waals surface area contributed by atoms with Gasteiger partial charge in [-0.1, -0.05) is 110 Å². The molecule has 0 saturated carbocycles. The minimum atomic E-state index is -0.259. The van der Waals surface area contributed by atoms with Crippen molar-refractivity contribution in [1.82, 2.24) is 4.98 Å². The second-order valence-corrected chi connectivity index (χ2v) is 11.3. The predicted octanol–water partition coefficient (Wildman–Crippen LogP) is 10.1. The first-order valence-electron chi connectivity index (χ1n) is 13.6. The first-order chi connectivity index (χ1) is 19.0. The number of pyridine rings is 1. The van der Waals surface area contributed by atoms with Crippen molar-refractivity contribution in [2.24, 2.45) is 0 Å². The van der Waals surface area contributed by atoms with Crippen molar-refractivity contribution in [3.05, 3.63) is 126 Å². The van der Waals surface area contributed by atoms with Gasteiger partial charge in [0.25, 0.3) is 0 Å². The molecule has 0 bridgehead atoms. The van der Waals surface area contributed by atoms with Gasteiger partial charge in [-0.3, -0.25) is 4.98 Å². The van der Waals surface area contributed by atoms with Crippen molar-refractivity contribution in [3.63, 3.8) is 0 Å². The molecule has 2 heterocycles. The van der Waals surface area contributed by atoms with Crippen LogP contribution in [0.2, 0.25) is 0 Å². The summed E-state index contributed by atoms with van der Waals surface area (Å²) in [7, 11) is 0. The lowest BCUT2D eigenvalue weighted by Crippen LogP contribution is -2.19. The van der Waals surface area contributed by atoms with E-state index in [1.165, 1.54) is 38.4 Å². The molecule has 0 fully saturated rings. The van der Waals surface area contributed by atoms with Crippen molar-refractivity contribution in [1.29, 1.82) is 0 Å². The third-order valence-corrected chi connectivity index (χ3v) is 8.55. The molecule has 0 aliphatic heterocycles. The van der Waals surface area contributed by atoms with Gasteiger partial charge in [-0.25, -0.2) is 0 Å². The molecular formula is C37H27NO. The maximum absolute atomic E-state index is 6.95. The first kappa shape index (κ1) is 22.3. The highest BCUT2D eigenvalue weighted by Crippen LogP contribution is 2.52. The molecular weight excluding hydrogens is 474 g/mol. The quantitative estimate of drug-likeness (QED) is 0.235. The van der Waals surface area contributed by atoms with Gasteiger partial charge in [0.2, 0.25) is 0 Å². The molecule has 8 rings (SSSR count). The Bertz CT molecular complexity index is 2080. The van der Waals surface area contributed by atoms with E-state index in [9.17, 15) is 0 Å². The Morgan fingerprint density at radius 1 is 0.590 bits per heavy atom.